The standard InChI is InChI=1S/C15H17ClN4O/c1-10-6-7-13(14(17)19-21)15(18-10)20(2)9-11-4-3-5-12(16)8-11/h3-8,21H,9H2,1-2H3,(H2,17,19). The SMILES string of the molecule is Cc1ccc(C(N)=NO)c(N(C)Cc2cccc(Cl)c2)n1. The molecule has 3 N–H and O–H groups in total. The molecule has 0 radical (unpaired) electrons. The highest BCUT2D eigenvalue weighted by Crippen LogP contribution is 2.20. The second-order valence-corrected chi connectivity index (χ2v) is 5.23. The van der Waals surface area contributed by atoms with E-state index in [4.69, 9.17) is 22.5 Å². The van der Waals surface area contributed by atoms with Crippen molar-refractivity contribution in [2.45, 2.75) is 13.5 Å². The number of halogens is 1. The van der Waals surface area contributed by atoms with E-state index in [-0.39, 0.29) is 5.84 Å². The molecule has 0 saturated carbocycles. The molecule has 0 saturated heterocycles. The predicted octanol–water partition coefficient (Wildman–Crippen LogP) is 2.77. The summed E-state index contributed by atoms with van der Waals surface area (Å²) in [6.07, 6.45) is 0. The second kappa shape index (κ2) is 6.45. The lowest BCUT2D eigenvalue weighted by Crippen LogP contribution is -2.24. The fraction of sp³-hybridized carbons (Fsp3) is 0.200. The van der Waals surface area contributed by atoms with Crippen LogP contribution in [0.1, 0.15) is 16.8 Å². The predicted molar refractivity (Wildman–Crippen MR) is 85.0 cm³/mol. The van der Waals surface area contributed by atoms with Crippen molar-refractivity contribution in [2.24, 2.45) is 10.9 Å². The summed E-state index contributed by atoms with van der Waals surface area (Å²) < 4.78 is 0. The lowest BCUT2D eigenvalue weighted by atomic mass is 10.1. The van der Waals surface area contributed by atoms with Crippen LogP contribution in [0.15, 0.2) is 41.6 Å². The van der Waals surface area contributed by atoms with Crippen molar-refractivity contribution in [3.8, 4) is 0 Å². The second-order valence-electron chi connectivity index (χ2n) is 4.80. The Morgan fingerprint density at radius 1 is 1.38 bits per heavy atom. The Hall–Kier alpha value is -2.27. The number of nitrogens with two attached hydrogens (primary N) is 1. The molecule has 0 spiro atoms. The summed E-state index contributed by atoms with van der Waals surface area (Å²) in [6.45, 7) is 2.51. The first-order valence-electron chi connectivity index (χ1n) is 6.42. The van der Waals surface area contributed by atoms with Crippen LogP contribution < -0.4 is 10.6 Å². The third-order valence-corrected chi connectivity index (χ3v) is 3.30. The van der Waals surface area contributed by atoms with Gasteiger partial charge in [-0.05, 0) is 36.8 Å². The molecule has 21 heavy (non-hydrogen) atoms. The molecule has 0 fully saturated rings. The minimum Gasteiger partial charge on any atom is -0.409 e. The number of aromatic nitrogens is 1. The number of anilines is 1. The Balaban J connectivity index is 2.34. The molecule has 0 amide bonds. The Morgan fingerprint density at radius 2 is 2.14 bits per heavy atom. The molecule has 110 valence electrons. The summed E-state index contributed by atoms with van der Waals surface area (Å²) in [6, 6.07) is 11.2. The first-order chi connectivity index (χ1) is 10.0. The normalized spacial score (nSPS) is 11.5. The van der Waals surface area contributed by atoms with Crippen molar-refractivity contribution in [1.29, 1.82) is 0 Å². The molecule has 1 aromatic carbocycles. The van der Waals surface area contributed by atoms with Crippen molar-refractivity contribution in [2.75, 3.05) is 11.9 Å². The van der Waals surface area contributed by atoms with Crippen molar-refractivity contribution in [1.82, 2.24) is 4.98 Å². The van der Waals surface area contributed by atoms with Gasteiger partial charge in [-0.1, -0.05) is 28.9 Å². The van der Waals surface area contributed by atoms with Gasteiger partial charge in [0.15, 0.2) is 5.84 Å². The molecular formula is C15H17ClN4O. The van der Waals surface area contributed by atoms with E-state index in [2.05, 4.69) is 10.1 Å². The Morgan fingerprint density at radius 3 is 2.81 bits per heavy atom. The fourth-order valence-electron chi connectivity index (χ4n) is 2.07. The number of amidine groups is 1. The minimum atomic E-state index is 0.0374. The van der Waals surface area contributed by atoms with Gasteiger partial charge in [0.2, 0.25) is 0 Å². The van der Waals surface area contributed by atoms with E-state index < -0.39 is 0 Å². The summed E-state index contributed by atoms with van der Waals surface area (Å²) in [5, 5.41) is 12.6. The van der Waals surface area contributed by atoms with Crippen LogP contribution in [0.5, 0.6) is 0 Å². The fourth-order valence-corrected chi connectivity index (χ4v) is 2.28. The van der Waals surface area contributed by atoms with Crippen molar-refractivity contribution in [3.63, 3.8) is 0 Å². The van der Waals surface area contributed by atoms with Gasteiger partial charge in [-0.3, -0.25) is 0 Å². The quantitative estimate of drug-likeness (QED) is 0.394. The van der Waals surface area contributed by atoms with Gasteiger partial charge in [0.05, 0.1) is 5.56 Å². The maximum Gasteiger partial charge on any atom is 0.173 e. The molecular weight excluding hydrogens is 288 g/mol. The first-order valence-corrected chi connectivity index (χ1v) is 6.80. The van der Waals surface area contributed by atoms with Crippen LogP contribution >= 0.6 is 11.6 Å². The van der Waals surface area contributed by atoms with Crippen LogP contribution in [-0.4, -0.2) is 23.1 Å². The maximum absolute atomic E-state index is 8.89. The van der Waals surface area contributed by atoms with Crippen LogP contribution in [0.3, 0.4) is 0 Å². The highest BCUT2D eigenvalue weighted by molar-refractivity contribution is 6.30. The molecule has 0 atom stereocenters. The molecule has 0 unspecified atom stereocenters. The number of hydrogen-bond acceptors (Lipinski definition) is 4. The third kappa shape index (κ3) is 3.64. The van der Waals surface area contributed by atoms with Crippen molar-refractivity contribution < 1.29 is 5.21 Å². The van der Waals surface area contributed by atoms with E-state index in [1.807, 2.05) is 49.2 Å². The molecule has 1 heterocycles. The molecule has 2 rings (SSSR count). The van der Waals surface area contributed by atoms with E-state index in [9.17, 15) is 0 Å². The average molecular weight is 305 g/mol. The van der Waals surface area contributed by atoms with Crippen LogP contribution in [0.25, 0.3) is 0 Å². The number of oxime groups is 1. The van der Waals surface area contributed by atoms with E-state index in [0.717, 1.165) is 11.3 Å². The highest BCUT2D eigenvalue weighted by Gasteiger charge is 2.13. The topological polar surface area (TPSA) is 74.7 Å². The maximum atomic E-state index is 8.89. The number of nitrogens with zero attached hydrogens (tertiary/aromatic N) is 3. The zero-order chi connectivity index (χ0) is 15.4. The number of rotatable bonds is 4. The summed E-state index contributed by atoms with van der Waals surface area (Å²) in [7, 11) is 1.90. The van der Waals surface area contributed by atoms with Crippen LogP contribution in [-0.2, 0) is 6.54 Å². The Kier molecular flexibility index (Phi) is 4.65. The average Bonchev–Trinajstić information content (AvgIpc) is 2.46. The lowest BCUT2D eigenvalue weighted by Gasteiger charge is -2.21. The number of pyridine rings is 1. The van der Waals surface area contributed by atoms with Crippen molar-refractivity contribution in [3.05, 3.63) is 58.2 Å². The van der Waals surface area contributed by atoms with E-state index in [0.29, 0.717) is 22.9 Å². The van der Waals surface area contributed by atoms with E-state index in [1.165, 1.54) is 0 Å². The molecule has 0 bridgehead atoms. The van der Waals surface area contributed by atoms with Crippen molar-refractivity contribution >= 4 is 23.3 Å². The smallest absolute Gasteiger partial charge is 0.173 e. The summed E-state index contributed by atoms with van der Waals surface area (Å²) in [5.74, 6) is 0.695. The third-order valence-electron chi connectivity index (χ3n) is 3.07. The van der Waals surface area contributed by atoms with Gasteiger partial charge in [-0.2, -0.15) is 0 Å². The van der Waals surface area contributed by atoms with Crippen LogP contribution in [0, 0.1) is 6.92 Å². The van der Waals surface area contributed by atoms with Gasteiger partial charge in [-0.15, -0.1) is 0 Å². The monoisotopic (exact) mass is 304 g/mol. The highest BCUT2D eigenvalue weighted by atomic mass is 35.5. The van der Waals surface area contributed by atoms with Gasteiger partial charge in [0.1, 0.15) is 5.82 Å². The molecule has 2 aromatic rings. The molecule has 0 aliphatic carbocycles. The summed E-state index contributed by atoms with van der Waals surface area (Å²) in [4.78, 5) is 6.42. The summed E-state index contributed by atoms with van der Waals surface area (Å²) in [5.41, 5.74) is 8.22. The molecule has 0 aliphatic heterocycles. The number of benzene rings is 1. The Bertz CT molecular complexity index is 672. The zero-order valence-electron chi connectivity index (χ0n) is 11.9. The van der Waals surface area contributed by atoms with Crippen LogP contribution in [0.2, 0.25) is 5.02 Å². The number of hydrogen-bond donors (Lipinski definition) is 2. The molecule has 1 aromatic heterocycles. The van der Waals surface area contributed by atoms with Gasteiger partial charge in [0.25, 0.3) is 0 Å². The Labute approximate surface area is 128 Å². The van der Waals surface area contributed by atoms with Gasteiger partial charge in [0, 0.05) is 24.3 Å². The molecule has 6 heteroatoms. The van der Waals surface area contributed by atoms with Gasteiger partial charge in [-0.25, -0.2) is 4.98 Å². The largest absolute Gasteiger partial charge is 0.409 e. The van der Waals surface area contributed by atoms with E-state index >= 15 is 0 Å². The summed E-state index contributed by atoms with van der Waals surface area (Å²) >= 11 is 6.00. The van der Waals surface area contributed by atoms with E-state index in [1.54, 1.807) is 6.07 Å². The molecule has 0 aliphatic rings. The van der Waals surface area contributed by atoms with Crippen LogP contribution in [0.4, 0.5) is 5.82 Å². The lowest BCUT2D eigenvalue weighted by molar-refractivity contribution is 0.318. The molecule has 5 nitrogen and oxygen atoms in total. The van der Waals surface area contributed by atoms with Gasteiger partial charge < -0.3 is 15.8 Å². The van der Waals surface area contributed by atoms with Gasteiger partial charge >= 0.3 is 0 Å². The minimum absolute atomic E-state index is 0.0374. The zero-order valence-corrected chi connectivity index (χ0v) is 12.7. The first kappa shape index (κ1) is 15.1. The number of aryl methyl sites for hydroxylation is 1.